The van der Waals surface area contributed by atoms with E-state index in [1.807, 2.05) is 23.1 Å². The predicted octanol–water partition coefficient (Wildman–Crippen LogP) is 3.30. The van der Waals surface area contributed by atoms with Gasteiger partial charge in [0, 0.05) is 29.4 Å². The number of rotatable bonds is 7. The third-order valence-corrected chi connectivity index (χ3v) is 7.43. The van der Waals surface area contributed by atoms with E-state index in [2.05, 4.69) is 31.2 Å². The molecule has 1 saturated heterocycles. The fourth-order valence-electron chi connectivity index (χ4n) is 3.64. The Balaban J connectivity index is 1.73. The van der Waals surface area contributed by atoms with Gasteiger partial charge in [-0.3, -0.25) is 4.79 Å². The van der Waals surface area contributed by atoms with E-state index < -0.39 is 10.0 Å². The van der Waals surface area contributed by atoms with E-state index in [9.17, 15) is 13.2 Å². The third-order valence-electron chi connectivity index (χ3n) is 5.17. The normalized spacial score (nSPS) is 18.1. The van der Waals surface area contributed by atoms with Crippen LogP contribution in [0.1, 0.15) is 28.2 Å². The molecule has 0 radical (unpaired) electrons. The zero-order valence-corrected chi connectivity index (χ0v) is 18.1. The van der Waals surface area contributed by atoms with Gasteiger partial charge in [0.1, 0.15) is 0 Å². The van der Waals surface area contributed by atoms with Crippen LogP contribution in [0.4, 0.5) is 0 Å². The Morgan fingerprint density at radius 3 is 2.61 bits per heavy atom. The van der Waals surface area contributed by atoms with Gasteiger partial charge in [-0.15, -0.1) is 11.3 Å². The Bertz CT molecular complexity index is 893. The summed E-state index contributed by atoms with van der Waals surface area (Å²) in [5.41, 5.74) is 1.20. The Morgan fingerprint density at radius 1 is 1.21 bits per heavy atom. The summed E-state index contributed by atoms with van der Waals surface area (Å²) in [5.74, 6) is -0.198. The molecule has 0 bridgehead atoms. The summed E-state index contributed by atoms with van der Waals surface area (Å²) in [5, 5.41) is 0. The first-order valence-electron chi connectivity index (χ1n) is 9.66. The molecule has 5 nitrogen and oxygen atoms in total. The van der Waals surface area contributed by atoms with Gasteiger partial charge in [0.15, 0.2) is 0 Å². The van der Waals surface area contributed by atoms with Crippen molar-refractivity contribution < 1.29 is 13.2 Å². The van der Waals surface area contributed by atoms with Crippen LogP contribution in [0.3, 0.4) is 0 Å². The Kier molecular flexibility index (Phi) is 6.91. The molecule has 0 spiro atoms. The molecule has 1 aromatic carbocycles. The van der Waals surface area contributed by atoms with Crippen molar-refractivity contribution in [3.8, 4) is 0 Å². The first-order valence-corrected chi connectivity index (χ1v) is 12.3. The molecule has 1 amide bonds. The van der Waals surface area contributed by atoms with Crippen LogP contribution in [0.25, 0.3) is 0 Å². The van der Waals surface area contributed by atoms with Gasteiger partial charge in [-0.1, -0.05) is 30.3 Å². The minimum Gasteiger partial charge on any atom is -0.337 e. The standard InChI is InChI=1S/C21H28N2O3S2/c1-17-10-11-20(27-17)16-22(14-12-18-7-4-3-5-8-18)21(24)19-9-6-13-23(15-19)28(2,25)26/h3-5,7-8,10-11,19H,6,9,12-16H2,1-2H3. The number of carbonyl (C=O) groups excluding carboxylic acids is 1. The Hall–Kier alpha value is -1.70. The van der Waals surface area contributed by atoms with Crippen LogP contribution in [0.15, 0.2) is 42.5 Å². The van der Waals surface area contributed by atoms with Crippen molar-refractivity contribution in [1.29, 1.82) is 0 Å². The molecule has 1 aliphatic rings. The van der Waals surface area contributed by atoms with E-state index >= 15 is 0 Å². The topological polar surface area (TPSA) is 57.7 Å². The Labute approximate surface area is 172 Å². The molecular formula is C21H28N2O3S2. The number of piperidine rings is 1. The number of aryl methyl sites for hydroxylation is 1. The largest absolute Gasteiger partial charge is 0.337 e. The van der Waals surface area contributed by atoms with Crippen LogP contribution in [-0.4, -0.2) is 49.4 Å². The summed E-state index contributed by atoms with van der Waals surface area (Å²) < 4.78 is 25.3. The summed E-state index contributed by atoms with van der Waals surface area (Å²) in [6, 6.07) is 14.3. The number of hydrogen-bond donors (Lipinski definition) is 0. The number of benzene rings is 1. The second-order valence-corrected chi connectivity index (χ2v) is 10.8. The highest BCUT2D eigenvalue weighted by Gasteiger charge is 2.32. The predicted molar refractivity (Wildman–Crippen MR) is 114 cm³/mol. The van der Waals surface area contributed by atoms with E-state index in [1.54, 1.807) is 11.3 Å². The van der Waals surface area contributed by atoms with E-state index in [0.717, 1.165) is 24.1 Å². The van der Waals surface area contributed by atoms with Crippen molar-refractivity contribution in [3.63, 3.8) is 0 Å². The Morgan fingerprint density at radius 2 is 1.96 bits per heavy atom. The molecule has 1 atom stereocenters. The highest BCUT2D eigenvalue weighted by atomic mass is 32.2. The lowest BCUT2D eigenvalue weighted by Crippen LogP contribution is -2.46. The minimum absolute atomic E-state index is 0.0651. The molecule has 1 aliphatic heterocycles. The molecule has 0 saturated carbocycles. The maximum absolute atomic E-state index is 13.3. The zero-order chi connectivity index (χ0) is 20.1. The van der Waals surface area contributed by atoms with Gasteiger partial charge in [0.05, 0.1) is 18.7 Å². The number of nitrogens with zero attached hydrogens (tertiary/aromatic N) is 2. The van der Waals surface area contributed by atoms with Gasteiger partial charge >= 0.3 is 0 Å². The number of carbonyl (C=O) groups is 1. The second-order valence-electron chi connectivity index (χ2n) is 7.47. The molecule has 3 rings (SSSR count). The highest BCUT2D eigenvalue weighted by molar-refractivity contribution is 7.88. The second kappa shape index (κ2) is 9.20. The summed E-state index contributed by atoms with van der Waals surface area (Å²) in [7, 11) is -3.26. The number of thiophene rings is 1. The van der Waals surface area contributed by atoms with Gasteiger partial charge in [-0.25, -0.2) is 12.7 Å². The van der Waals surface area contributed by atoms with E-state index in [4.69, 9.17) is 0 Å². The molecule has 28 heavy (non-hydrogen) atoms. The third kappa shape index (κ3) is 5.65. The molecular weight excluding hydrogens is 392 g/mol. The molecule has 1 unspecified atom stereocenters. The van der Waals surface area contributed by atoms with Crippen molar-refractivity contribution in [3.05, 3.63) is 57.8 Å². The SMILES string of the molecule is Cc1ccc(CN(CCc2ccccc2)C(=O)C2CCCN(S(C)(=O)=O)C2)s1. The van der Waals surface area contributed by atoms with Crippen molar-refractivity contribution >= 4 is 27.3 Å². The van der Waals surface area contributed by atoms with Crippen molar-refractivity contribution in [2.75, 3.05) is 25.9 Å². The van der Waals surface area contributed by atoms with Crippen LogP contribution in [0.2, 0.25) is 0 Å². The molecule has 1 fully saturated rings. The van der Waals surface area contributed by atoms with E-state index in [-0.39, 0.29) is 11.8 Å². The molecule has 1 aromatic heterocycles. The average molecular weight is 421 g/mol. The van der Waals surface area contributed by atoms with Crippen molar-refractivity contribution in [2.45, 2.75) is 32.7 Å². The summed E-state index contributed by atoms with van der Waals surface area (Å²) >= 11 is 1.71. The fourth-order valence-corrected chi connectivity index (χ4v) is 5.46. The van der Waals surface area contributed by atoms with Crippen LogP contribution in [0, 0.1) is 12.8 Å². The van der Waals surface area contributed by atoms with E-state index in [0.29, 0.717) is 26.2 Å². The molecule has 0 aliphatic carbocycles. The zero-order valence-electron chi connectivity index (χ0n) is 16.5. The van der Waals surface area contributed by atoms with Gasteiger partial charge in [-0.2, -0.15) is 0 Å². The van der Waals surface area contributed by atoms with Gasteiger partial charge in [0.25, 0.3) is 0 Å². The minimum atomic E-state index is -3.26. The quantitative estimate of drug-likeness (QED) is 0.691. The highest BCUT2D eigenvalue weighted by Crippen LogP contribution is 2.24. The van der Waals surface area contributed by atoms with Crippen molar-refractivity contribution in [1.82, 2.24) is 9.21 Å². The monoisotopic (exact) mass is 420 g/mol. The number of amides is 1. The van der Waals surface area contributed by atoms with Crippen LogP contribution in [0.5, 0.6) is 0 Å². The first-order chi connectivity index (χ1) is 13.3. The lowest BCUT2D eigenvalue weighted by molar-refractivity contribution is -0.137. The maximum Gasteiger partial charge on any atom is 0.227 e. The molecule has 2 heterocycles. The molecule has 0 N–H and O–H groups in total. The molecule has 7 heteroatoms. The van der Waals surface area contributed by atoms with Gasteiger partial charge < -0.3 is 4.90 Å². The smallest absolute Gasteiger partial charge is 0.227 e. The summed E-state index contributed by atoms with van der Waals surface area (Å²) in [6.07, 6.45) is 3.49. The number of sulfonamides is 1. The van der Waals surface area contributed by atoms with E-state index in [1.165, 1.54) is 21.0 Å². The summed E-state index contributed by atoms with van der Waals surface area (Å²) in [4.78, 5) is 17.6. The van der Waals surface area contributed by atoms with Crippen molar-refractivity contribution in [2.24, 2.45) is 5.92 Å². The lowest BCUT2D eigenvalue weighted by Gasteiger charge is -2.33. The van der Waals surface area contributed by atoms with Crippen LogP contribution in [-0.2, 0) is 27.8 Å². The van der Waals surface area contributed by atoms with Gasteiger partial charge in [0.2, 0.25) is 15.9 Å². The van der Waals surface area contributed by atoms with Crippen LogP contribution < -0.4 is 0 Å². The molecule has 152 valence electrons. The van der Waals surface area contributed by atoms with Gasteiger partial charge in [-0.05, 0) is 43.9 Å². The number of hydrogen-bond acceptors (Lipinski definition) is 4. The average Bonchev–Trinajstić information content (AvgIpc) is 3.09. The lowest BCUT2D eigenvalue weighted by atomic mass is 9.97. The van der Waals surface area contributed by atoms with Crippen LogP contribution >= 0.6 is 11.3 Å². The first kappa shape index (κ1) is 21.0. The fraction of sp³-hybridized carbons (Fsp3) is 0.476. The maximum atomic E-state index is 13.3. The molecule has 2 aromatic rings. The summed E-state index contributed by atoms with van der Waals surface area (Å²) in [6.45, 7) is 4.09.